The van der Waals surface area contributed by atoms with Crippen LogP contribution in [-0.4, -0.2) is 15.6 Å². The van der Waals surface area contributed by atoms with Gasteiger partial charge in [0.2, 0.25) is 0 Å². The van der Waals surface area contributed by atoms with Crippen molar-refractivity contribution in [3.05, 3.63) is 36.0 Å². The van der Waals surface area contributed by atoms with Gasteiger partial charge in [-0.15, -0.1) is 0 Å². The Balaban J connectivity index is 2.57. The molecule has 0 saturated carbocycles. The normalized spacial score (nSPS) is 11.2. The van der Waals surface area contributed by atoms with Crippen LogP contribution in [0.1, 0.15) is 25.5 Å². The molecule has 0 aliphatic rings. The second kappa shape index (κ2) is 4.00. The fourth-order valence-corrected chi connectivity index (χ4v) is 2.02. The fraction of sp³-hybridized carbons (Fsp3) is 0.308. The largest absolute Gasteiger partial charge is 0.481 e. The van der Waals surface area contributed by atoms with E-state index in [1.54, 1.807) is 0 Å². The number of aliphatic carboxylic acids is 1. The molecule has 3 heteroatoms. The lowest BCUT2D eigenvalue weighted by atomic mass is 10.1. The zero-order chi connectivity index (χ0) is 11.7. The molecular formula is C13H15NO2. The molecule has 2 rings (SSSR count). The van der Waals surface area contributed by atoms with Crippen LogP contribution in [0.2, 0.25) is 0 Å². The number of benzene rings is 1. The molecule has 0 aliphatic heterocycles. The summed E-state index contributed by atoms with van der Waals surface area (Å²) in [5.74, 6) is -0.787. The maximum Gasteiger partial charge on any atom is 0.307 e. The number of carbonyl (C=O) groups is 1. The Morgan fingerprint density at radius 2 is 2.12 bits per heavy atom. The average Bonchev–Trinajstić information content (AvgIpc) is 2.61. The van der Waals surface area contributed by atoms with E-state index in [4.69, 9.17) is 5.11 Å². The molecule has 16 heavy (non-hydrogen) atoms. The van der Waals surface area contributed by atoms with Crippen LogP contribution < -0.4 is 0 Å². The molecule has 0 spiro atoms. The van der Waals surface area contributed by atoms with Crippen LogP contribution in [0.4, 0.5) is 0 Å². The summed E-state index contributed by atoms with van der Waals surface area (Å²) in [6, 6.07) is 8.20. The van der Waals surface area contributed by atoms with Crippen molar-refractivity contribution in [2.24, 2.45) is 0 Å². The minimum atomic E-state index is -0.787. The number of fused-ring (bicyclic) bond motifs is 1. The number of hydrogen-bond donors (Lipinski definition) is 1. The van der Waals surface area contributed by atoms with Gasteiger partial charge < -0.3 is 9.67 Å². The molecule has 1 heterocycles. The van der Waals surface area contributed by atoms with Crippen molar-refractivity contribution in [2.45, 2.75) is 26.3 Å². The molecular weight excluding hydrogens is 202 g/mol. The highest BCUT2D eigenvalue weighted by atomic mass is 16.4. The molecule has 0 aliphatic carbocycles. The molecule has 84 valence electrons. The van der Waals surface area contributed by atoms with E-state index in [-0.39, 0.29) is 6.42 Å². The lowest BCUT2D eigenvalue weighted by molar-refractivity contribution is -0.136. The first-order valence-electron chi connectivity index (χ1n) is 5.40. The van der Waals surface area contributed by atoms with Crippen LogP contribution in [-0.2, 0) is 11.2 Å². The van der Waals surface area contributed by atoms with Crippen molar-refractivity contribution in [2.75, 3.05) is 0 Å². The van der Waals surface area contributed by atoms with Gasteiger partial charge in [-0.1, -0.05) is 12.1 Å². The van der Waals surface area contributed by atoms with E-state index in [2.05, 4.69) is 18.4 Å². The minimum Gasteiger partial charge on any atom is -0.481 e. The standard InChI is InChI=1S/C13H15NO2/c1-9(2)14-7-6-11-10(8-13(15)16)4-3-5-12(11)14/h3-7,9H,8H2,1-2H3,(H,15,16). The number of rotatable bonds is 3. The summed E-state index contributed by atoms with van der Waals surface area (Å²) in [6.45, 7) is 4.23. The van der Waals surface area contributed by atoms with Gasteiger partial charge in [-0.2, -0.15) is 0 Å². The van der Waals surface area contributed by atoms with Gasteiger partial charge in [0.25, 0.3) is 0 Å². The molecule has 0 unspecified atom stereocenters. The van der Waals surface area contributed by atoms with Gasteiger partial charge in [0.15, 0.2) is 0 Å². The molecule has 1 aromatic carbocycles. The van der Waals surface area contributed by atoms with Gasteiger partial charge >= 0.3 is 5.97 Å². The molecule has 1 aromatic heterocycles. The van der Waals surface area contributed by atoms with E-state index in [9.17, 15) is 4.79 Å². The van der Waals surface area contributed by atoms with E-state index in [0.717, 1.165) is 16.5 Å². The van der Waals surface area contributed by atoms with E-state index in [0.29, 0.717) is 6.04 Å². The van der Waals surface area contributed by atoms with Crippen LogP contribution >= 0.6 is 0 Å². The van der Waals surface area contributed by atoms with Crippen LogP contribution in [0.3, 0.4) is 0 Å². The summed E-state index contributed by atoms with van der Waals surface area (Å²) in [6.07, 6.45) is 2.10. The second-order valence-corrected chi connectivity index (χ2v) is 4.24. The quantitative estimate of drug-likeness (QED) is 0.859. The highest BCUT2D eigenvalue weighted by Gasteiger charge is 2.09. The maximum absolute atomic E-state index is 10.7. The van der Waals surface area contributed by atoms with Crippen LogP contribution in [0, 0.1) is 0 Å². The predicted octanol–water partition coefficient (Wildman–Crippen LogP) is 2.85. The zero-order valence-electron chi connectivity index (χ0n) is 9.47. The van der Waals surface area contributed by atoms with Crippen LogP contribution in [0.5, 0.6) is 0 Å². The highest BCUT2D eigenvalue weighted by molar-refractivity contribution is 5.87. The lowest BCUT2D eigenvalue weighted by Gasteiger charge is -2.09. The van der Waals surface area contributed by atoms with Crippen molar-refractivity contribution in [3.63, 3.8) is 0 Å². The Hall–Kier alpha value is -1.77. The van der Waals surface area contributed by atoms with E-state index in [1.165, 1.54) is 0 Å². The zero-order valence-corrected chi connectivity index (χ0v) is 9.47. The van der Waals surface area contributed by atoms with Crippen LogP contribution in [0.15, 0.2) is 30.5 Å². The van der Waals surface area contributed by atoms with Gasteiger partial charge in [-0.05, 0) is 31.5 Å². The van der Waals surface area contributed by atoms with E-state index >= 15 is 0 Å². The molecule has 0 saturated heterocycles. The Morgan fingerprint density at radius 1 is 1.38 bits per heavy atom. The lowest BCUT2D eigenvalue weighted by Crippen LogP contribution is -2.01. The molecule has 0 atom stereocenters. The number of carboxylic acid groups (broad SMARTS) is 1. The first-order chi connectivity index (χ1) is 7.59. The maximum atomic E-state index is 10.7. The molecule has 1 N–H and O–H groups in total. The molecule has 0 radical (unpaired) electrons. The van der Waals surface area contributed by atoms with E-state index in [1.807, 2.05) is 30.5 Å². The summed E-state index contributed by atoms with van der Waals surface area (Å²) in [4.78, 5) is 10.7. The molecule has 0 amide bonds. The second-order valence-electron chi connectivity index (χ2n) is 4.24. The Morgan fingerprint density at radius 3 is 2.75 bits per heavy atom. The van der Waals surface area contributed by atoms with Gasteiger partial charge in [-0.25, -0.2) is 0 Å². The van der Waals surface area contributed by atoms with Crippen molar-refractivity contribution < 1.29 is 9.90 Å². The Labute approximate surface area is 94.3 Å². The van der Waals surface area contributed by atoms with Gasteiger partial charge in [0, 0.05) is 23.1 Å². The number of aromatic nitrogens is 1. The minimum absolute atomic E-state index is 0.0828. The average molecular weight is 217 g/mol. The van der Waals surface area contributed by atoms with Crippen molar-refractivity contribution in [1.29, 1.82) is 0 Å². The van der Waals surface area contributed by atoms with Crippen LogP contribution in [0.25, 0.3) is 10.9 Å². The summed E-state index contributed by atoms with van der Waals surface area (Å²) in [7, 11) is 0. The smallest absolute Gasteiger partial charge is 0.307 e. The monoisotopic (exact) mass is 217 g/mol. The molecule has 2 aromatic rings. The third kappa shape index (κ3) is 1.81. The molecule has 0 fully saturated rings. The van der Waals surface area contributed by atoms with Gasteiger partial charge in [0.05, 0.1) is 6.42 Å². The summed E-state index contributed by atoms with van der Waals surface area (Å²) in [5, 5.41) is 9.88. The number of hydrogen-bond acceptors (Lipinski definition) is 1. The van der Waals surface area contributed by atoms with Crippen molar-refractivity contribution in [1.82, 2.24) is 4.57 Å². The third-order valence-electron chi connectivity index (χ3n) is 2.75. The SMILES string of the molecule is CC(C)n1ccc2c(CC(=O)O)cccc21. The molecule has 3 nitrogen and oxygen atoms in total. The fourth-order valence-electron chi connectivity index (χ4n) is 2.02. The first kappa shape index (κ1) is 10.7. The Bertz CT molecular complexity index is 526. The first-order valence-corrected chi connectivity index (χ1v) is 5.40. The van der Waals surface area contributed by atoms with E-state index < -0.39 is 5.97 Å². The van der Waals surface area contributed by atoms with Gasteiger partial charge in [0.1, 0.15) is 0 Å². The Kier molecular flexibility index (Phi) is 2.69. The topological polar surface area (TPSA) is 42.2 Å². The molecule has 0 bridgehead atoms. The summed E-state index contributed by atoms with van der Waals surface area (Å²) >= 11 is 0. The van der Waals surface area contributed by atoms with Crippen molar-refractivity contribution >= 4 is 16.9 Å². The summed E-state index contributed by atoms with van der Waals surface area (Å²) < 4.78 is 2.15. The highest BCUT2D eigenvalue weighted by Crippen LogP contribution is 2.23. The van der Waals surface area contributed by atoms with Crippen molar-refractivity contribution in [3.8, 4) is 0 Å². The number of carboxylic acids is 1. The third-order valence-corrected chi connectivity index (χ3v) is 2.75. The number of nitrogens with zero attached hydrogens (tertiary/aromatic N) is 1. The predicted molar refractivity (Wildman–Crippen MR) is 63.7 cm³/mol. The van der Waals surface area contributed by atoms with Gasteiger partial charge in [-0.3, -0.25) is 4.79 Å². The summed E-state index contributed by atoms with van der Waals surface area (Å²) in [5.41, 5.74) is 1.98.